The fraction of sp³-hybridized carbons (Fsp3) is 0.348. The van der Waals surface area contributed by atoms with E-state index in [0.29, 0.717) is 10.1 Å². The third kappa shape index (κ3) is 4.71. The number of thioether (sulfide) groups is 1. The highest BCUT2D eigenvalue weighted by Crippen LogP contribution is 2.31. The average Bonchev–Trinajstić information content (AvgIpc) is 3.08. The fourth-order valence-electron chi connectivity index (χ4n) is 3.46. The molecule has 156 valence electrons. The van der Waals surface area contributed by atoms with Gasteiger partial charge in [-0.25, -0.2) is 4.98 Å². The van der Waals surface area contributed by atoms with Gasteiger partial charge in [0.05, 0.1) is 4.91 Å². The van der Waals surface area contributed by atoms with E-state index in [1.165, 1.54) is 17.3 Å². The summed E-state index contributed by atoms with van der Waals surface area (Å²) in [4.78, 5) is 26.2. The molecule has 0 aliphatic carbocycles. The largest absolute Gasteiger partial charge is 0.353 e. The molecule has 1 fully saturated rings. The number of piperazine rings is 1. The first kappa shape index (κ1) is 20.9. The van der Waals surface area contributed by atoms with Crippen molar-refractivity contribution in [1.29, 1.82) is 0 Å². The Bertz CT molecular complexity index is 1000. The van der Waals surface area contributed by atoms with Gasteiger partial charge in [-0.1, -0.05) is 62.7 Å². The third-order valence-electron chi connectivity index (χ3n) is 5.26. The van der Waals surface area contributed by atoms with Gasteiger partial charge in [0, 0.05) is 26.2 Å². The Labute approximate surface area is 186 Å². The van der Waals surface area contributed by atoms with E-state index in [4.69, 9.17) is 11.6 Å². The van der Waals surface area contributed by atoms with Gasteiger partial charge >= 0.3 is 0 Å². The van der Waals surface area contributed by atoms with Gasteiger partial charge in [-0.2, -0.15) is 4.99 Å². The Hall–Kier alpha value is -2.31. The first-order chi connectivity index (χ1) is 14.3. The van der Waals surface area contributed by atoms with E-state index in [-0.39, 0.29) is 11.3 Å². The minimum absolute atomic E-state index is 0.114. The lowest BCUT2D eigenvalue weighted by molar-refractivity contribution is -0.113. The van der Waals surface area contributed by atoms with Crippen LogP contribution in [0.2, 0.25) is 5.15 Å². The minimum Gasteiger partial charge on any atom is -0.353 e. The third-order valence-corrected chi connectivity index (χ3v) is 6.51. The molecule has 4 rings (SSSR count). The van der Waals surface area contributed by atoms with Crippen molar-refractivity contribution >= 4 is 46.3 Å². The van der Waals surface area contributed by atoms with Crippen LogP contribution in [0.4, 0.5) is 5.82 Å². The lowest BCUT2D eigenvalue weighted by Crippen LogP contribution is -2.48. The number of hydrogen-bond donors (Lipinski definition) is 0. The molecule has 0 unspecified atom stereocenters. The molecule has 0 saturated carbocycles. The van der Waals surface area contributed by atoms with Crippen LogP contribution >= 0.6 is 23.4 Å². The number of hydrogen-bond acceptors (Lipinski definition) is 5. The summed E-state index contributed by atoms with van der Waals surface area (Å²) in [6.45, 7) is 9.79. The van der Waals surface area contributed by atoms with Gasteiger partial charge < -0.3 is 9.80 Å². The van der Waals surface area contributed by atoms with Crippen LogP contribution in [-0.2, 0) is 10.2 Å². The maximum Gasteiger partial charge on any atom is 0.286 e. The summed E-state index contributed by atoms with van der Waals surface area (Å²) >= 11 is 7.47. The molecule has 7 heteroatoms. The lowest BCUT2D eigenvalue weighted by atomic mass is 9.87. The summed E-state index contributed by atoms with van der Waals surface area (Å²) in [5.74, 6) is 0.729. The average molecular weight is 441 g/mol. The highest BCUT2D eigenvalue weighted by atomic mass is 35.5. The predicted molar refractivity (Wildman–Crippen MR) is 126 cm³/mol. The standard InChI is InChI=1S/C23H25ClN4OS/c1-23(2,3)17-9-7-16(8-10-17)15-18-21(29)26-22(30-18)28-13-11-27(12-14-28)20-6-4-5-19(24)25-20/h4-10,15H,11-14H2,1-3H3. The molecule has 3 heterocycles. The van der Waals surface area contributed by atoms with E-state index >= 15 is 0 Å². The van der Waals surface area contributed by atoms with Crippen molar-refractivity contribution in [2.24, 2.45) is 4.99 Å². The molecular formula is C23H25ClN4OS. The monoisotopic (exact) mass is 440 g/mol. The molecule has 1 amide bonds. The number of aromatic nitrogens is 1. The molecular weight excluding hydrogens is 416 g/mol. The maximum absolute atomic E-state index is 12.4. The number of benzene rings is 1. The van der Waals surface area contributed by atoms with Crippen LogP contribution in [0.25, 0.3) is 6.08 Å². The van der Waals surface area contributed by atoms with Gasteiger partial charge in [-0.05, 0) is 46.5 Å². The van der Waals surface area contributed by atoms with Gasteiger partial charge in [0.2, 0.25) is 0 Å². The quantitative estimate of drug-likeness (QED) is 0.494. The van der Waals surface area contributed by atoms with Crippen LogP contribution in [0.1, 0.15) is 31.9 Å². The summed E-state index contributed by atoms with van der Waals surface area (Å²) in [7, 11) is 0. The van der Waals surface area contributed by atoms with Crippen LogP contribution in [0, 0.1) is 0 Å². The number of carbonyl (C=O) groups excluding carboxylic acids is 1. The van der Waals surface area contributed by atoms with E-state index in [0.717, 1.165) is 42.7 Å². The molecule has 0 radical (unpaired) electrons. The van der Waals surface area contributed by atoms with E-state index in [1.807, 2.05) is 18.2 Å². The first-order valence-corrected chi connectivity index (χ1v) is 11.2. The first-order valence-electron chi connectivity index (χ1n) is 10.1. The molecule has 0 atom stereocenters. The molecule has 1 aromatic carbocycles. The summed E-state index contributed by atoms with van der Waals surface area (Å²) in [6.07, 6.45) is 1.93. The normalized spacial score (nSPS) is 18.9. The summed E-state index contributed by atoms with van der Waals surface area (Å²) in [5, 5.41) is 1.29. The van der Waals surface area contributed by atoms with Crippen LogP contribution in [0.3, 0.4) is 0 Å². The van der Waals surface area contributed by atoms with Gasteiger partial charge in [0.15, 0.2) is 5.17 Å². The minimum atomic E-state index is -0.158. The molecule has 2 aromatic rings. The number of pyridine rings is 1. The summed E-state index contributed by atoms with van der Waals surface area (Å²) < 4.78 is 0. The van der Waals surface area contributed by atoms with Crippen molar-refractivity contribution in [3.8, 4) is 0 Å². The van der Waals surface area contributed by atoms with Crippen LogP contribution in [-0.4, -0.2) is 47.1 Å². The summed E-state index contributed by atoms with van der Waals surface area (Å²) in [6, 6.07) is 14.0. The Morgan fingerprint density at radius 1 is 1.00 bits per heavy atom. The number of amides is 1. The fourth-order valence-corrected chi connectivity index (χ4v) is 4.59. The molecule has 0 spiro atoms. The molecule has 0 N–H and O–H groups in total. The zero-order valence-corrected chi connectivity index (χ0v) is 19.0. The van der Waals surface area contributed by atoms with Crippen molar-refractivity contribution in [3.63, 3.8) is 0 Å². The smallest absolute Gasteiger partial charge is 0.286 e. The number of anilines is 1. The lowest BCUT2D eigenvalue weighted by Gasteiger charge is -2.36. The Balaban J connectivity index is 1.39. The second kappa shape index (κ2) is 8.44. The number of nitrogens with zero attached hydrogens (tertiary/aromatic N) is 4. The van der Waals surface area contributed by atoms with Crippen molar-refractivity contribution in [1.82, 2.24) is 9.88 Å². The number of amidine groups is 1. The number of carbonyl (C=O) groups is 1. The van der Waals surface area contributed by atoms with E-state index in [9.17, 15) is 4.79 Å². The van der Waals surface area contributed by atoms with E-state index in [2.05, 4.69) is 64.8 Å². The number of halogens is 1. The second-order valence-corrected chi connectivity index (χ2v) is 9.87. The number of aliphatic imine (C=N–C) groups is 1. The Morgan fingerprint density at radius 2 is 1.67 bits per heavy atom. The van der Waals surface area contributed by atoms with Crippen molar-refractivity contribution in [2.75, 3.05) is 31.1 Å². The van der Waals surface area contributed by atoms with Gasteiger partial charge in [-0.3, -0.25) is 4.79 Å². The zero-order chi connectivity index (χ0) is 21.3. The Morgan fingerprint density at radius 3 is 2.30 bits per heavy atom. The molecule has 30 heavy (non-hydrogen) atoms. The van der Waals surface area contributed by atoms with Crippen molar-refractivity contribution in [3.05, 3.63) is 63.6 Å². The molecule has 2 aliphatic heterocycles. The van der Waals surface area contributed by atoms with Crippen LogP contribution < -0.4 is 4.90 Å². The van der Waals surface area contributed by atoms with Gasteiger partial charge in [0.1, 0.15) is 11.0 Å². The van der Waals surface area contributed by atoms with E-state index < -0.39 is 0 Å². The second-order valence-electron chi connectivity index (χ2n) is 8.47. The highest BCUT2D eigenvalue weighted by molar-refractivity contribution is 8.18. The van der Waals surface area contributed by atoms with Gasteiger partial charge in [-0.15, -0.1) is 0 Å². The zero-order valence-electron chi connectivity index (χ0n) is 17.4. The van der Waals surface area contributed by atoms with Crippen molar-refractivity contribution < 1.29 is 4.79 Å². The van der Waals surface area contributed by atoms with Gasteiger partial charge in [0.25, 0.3) is 5.91 Å². The molecule has 2 aliphatic rings. The highest BCUT2D eigenvalue weighted by Gasteiger charge is 2.28. The Kier molecular flexibility index (Phi) is 5.89. The predicted octanol–water partition coefficient (Wildman–Crippen LogP) is 4.83. The SMILES string of the molecule is CC(C)(C)c1ccc(C=C2SC(N3CCN(c4cccc(Cl)n4)CC3)=NC2=O)cc1. The van der Waals surface area contributed by atoms with E-state index in [1.54, 1.807) is 6.07 Å². The van der Waals surface area contributed by atoms with Crippen LogP contribution in [0.15, 0.2) is 52.4 Å². The summed E-state index contributed by atoms with van der Waals surface area (Å²) in [5.41, 5.74) is 2.41. The molecule has 1 aromatic heterocycles. The topological polar surface area (TPSA) is 48.8 Å². The molecule has 5 nitrogen and oxygen atoms in total. The maximum atomic E-state index is 12.4. The number of rotatable bonds is 2. The van der Waals surface area contributed by atoms with Crippen LogP contribution in [0.5, 0.6) is 0 Å². The van der Waals surface area contributed by atoms with Crippen molar-refractivity contribution in [2.45, 2.75) is 26.2 Å². The molecule has 0 bridgehead atoms. The molecule has 1 saturated heterocycles.